The maximum absolute atomic E-state index is 5.62. The Labute approximate surface area is 60.0 Å². The van der Waals surface area contributed by atoms with Gasteiger partial charge in [-0.15, -0.1) is 0 Å². The van der Waals surface area contributed by atoms with Crippen molar-refractivity contribution in [2.75, 3.05) is 13.2 Å². The molecular weight excluding hydrogens is 185 g/mol. The first-order valence-electron chi connectivity index (χ1n) is 2.68. The molecule has 0 bridgehead atoms. The van der Waals surface area contributed by atoms with E-state index >= 15 is 0 Å². The first-order valence-corrected chi connectivity index (χ1v) is 7.84. The summed E-state index contributed by atoms with van der Waals surface area (Å²) in [6.45, 7) is 5.18. The van der Waals surface area contributed by atoms with Crippen LogP contribution in [0.1, 0.15) is 13.8 Å². The summed E-state index contributed by atoms with van der Waals surface area (Å²) >= 11 is -2.14. The molecule has 0 aromatic rings. The molecule has 8 heavy (non-hydrogen) atoms. The van der Waals surface area contributed by atoms with Gasteiger partial charge in [0.25, 0.3) is 0 Å². The van der Waals surface area contributed by atoms with Crippen LogP contribution in [-0.2, 0) is 7.06 Å². The minimum absolute atomic E-state index is 0.675. The van der Waals surface area contributed by atoms with Gasteiger partial charge in [0.05, 0.1) is 0 Å². The molecule has 0 aliphatic carbocycles. The molecule has 2 nitrogen and oxygen atoms in total. The van der Waals surface area contributed by atoms with Gasteiger partial charge in [0.2, 0.25) is 0 Å². The van der Waals surface area contributed by atoms with Crippen molar-refractivity contribution in [3.05, 3.63) is 0 Å². The van der Waals surface area contributed by atoms with E-state index in [1.54, 1.807) is 0 Å². The summed E-state index contributed by atoms with van der Waals surface area (Å²) < 4.78 is 10.0. The second-order valence-electron chi connectivity index (χ2n) is 1.19. The summed E-state index contributed by atoms with van der Waals surface area (Å²) in [5.41, 5.74) is 0. The number of halogens is 1. The Morgan fingerprint density at radius 3 is 1.88 bits per heavy atom. The topological polar surface area (TPSA) is 18.5 Å². The molecule has 48 valence electrons. The maximum atomic E-state index is 5.62. The van der Waals surface area contributed by atoms with Crippen molar-refractivity contribution in [2.24, 2.45) is 0 Å². The molecule has 0 aromatic carbocycles. The molecule has 0 saturated heterocycles. The summed E-state index contributed by atoms with van der Waals surface area (Å²) in [6, 6.07) is 0. The van der Waals surface area contributed by atoms with Crippen molar-refractivity contribution < 1.29 is 7.06 Å². The molecule has 0 spiro atoms. The van der Waals surface area contributed by atoms with Gasteiger partial charge >= 0.3 is 59.7 Å². The molecule has 0 aromatic heterocycles. The van der Waals surface area contributed by atoms with Gasteiger partial charge in [0.15, 0.2) is 0 Å². The Balaban J connectivity index is 2.92. The van der Waals surface area contributed by atoms with Crippen molar-refractivity contribution in [1.82, 2.24) is 0 Å². The third-order valence-corrected chi connectivity index (χ3v) is 4.40. The first-order chi connectivity index (χ1) is 3.81. The Bertz CT molecular complexity index is 47.3. The van der Waals surface area contributed by atoms with E-state index in [1.807, 2.05) is 13.8 Å². The van der Waals surface area contributed by atoms with Crippen molar-refractivity contribution in [3.8, 4) is 0 Å². The van der Waals surface area contributed by atoms with Gasteiger partial charge in [-0.1, -0.05) is 0 Å². The van der Waals surface area contributed by atoms with Gasteiger partial charge < -0.3 is 0 Å². The molecule has 0 amide bonds. The predicted molar refractivity (Wildman–Crippen MR) is 34.9 cm³/mol. The van der Waals surface area contributed by atoms with Crippen LogP contribution >= 0.6 is 9.64 Å². The summed E-state index contributed by atoms with van der Waals surface area (Å²) in [6.07, 6.45) is 0. The molecule has 0 atom stereocenters. The molecule has 0 fully saturated rings. The zero-order valence-corrected chi connectivity index (χ0v) is 8.36. The summed E-state index contributed by atoms with van der Waals surface area (Å²) in [4.78, 5) is 0. The molecule has 0 aliphatic rings. The normalized spacial score (nSPS) is 9.38. The standard InChI is InChI=1S/2C2H5O.ClH.Ga/c2*1-2-3;;/h2*2H2,1H3;1H;/q2*-1;;+3/p-1. The van der Waals surface area contributed by atoms with Crippen molar-refractivity contribution in [2.45, 2.75) is 13.8 Å². The van der Waals surface area contributed by atoms with Gasteiger partial charge in [-0.3, -0.25) is 0 Å². The molecule has 0 aliphatic heterocycles. The zero-order valence-electron chi connectivity index (χ0n) is 5.19. The summed E-state index contributed by atoms with van der Waals surface area (Å²) in [5, 5.41) is 0. The van der Waals surface area contributed by atoms with E-state index < -0.39 is 15.9 Å². The fraction of sp³-hybridized carbons (Fsp3) is 1.00. The molecule has 0 heterocycles. The van der Waals surface area contributed by atoms with Crippen LogP contribution in [0.25, 0.3) is 0 Å². The molecule has 0 N–H and O–H groups in total. The van der Waals surface area contributed by atoms with E-state index in [4.69, 9.17) is 16.7 Å². The van der Waals surface area contributed by atoms with Gasteiger partial charge in [-0.2, -0.15) is 0 Å². The van der Waals surface area contributed by atoms with Crippen LogP contribution < -0.4 is 0 Å². The second-order valence-corrected chi connectivity index (χ2v) is 5.59. The zero-order chi connectivity index (χ0) is 6.41. The van der Waals surface area contributed by atoms with Gasteiger partial charge in [-0.05, 0) is 0 Å². The van der Waals surface area contributed by atoms with E-state index in [0.717, 1.165) is 0 Å². The summed E-state index contributed by atoms with van der Waals surface area (Å²) in [7, 11) is 5.62. The fourth-order valence-electron chi connectivity index (χ4n) is 0.310. The van der Waals surface area contributed by atoms with Crippen LogP contribution in [0.3, 0.4) is 0 Å². The van der Waals surface area contributed by atoms with Crippen molar-refractivity contribution >= 4 is 25.6 Å². The van der Waals surface area contributed by atoms with E-state index in [2.05, 4.69) is 0 Å². The van der Waals surface area contributed by atoms with Gasteiger partial charge in [-0.25, -0.2) is 0 Å². The third kappa shape index (κ3) is 4.99. The van der Waals surface area contributed by atoms with E-state index in [9.17, 15) is 0 Å². The predicted octanol–water partition coefficient (Wildman–Crippen LogP) is 1.28. The number of hydrogen-bond donors (Lipinski definition) is 0. The third-order valence-electron chi connectivity index (χ3n) is 0.595. The van der Waals surface area contributed by atoms with Crippen LogP contribution in [0, 0.1) is 0 Å². The van der Waals surface area contributed by atoms with Crippen LogP contribution in [0.15, 0.2) is 0 Å². The molecule has 0 rings (SSSR count). The average Bonchev–Trinajstić information content (AvgIpc) is 1.68. The SMILES string of the molecule is CC[O][Ga]([Cl])[O]CC. The van der Waals surface area contributed by atoms with Crippen LogP contribution in [0.5, 0.6) is 0 Å². The quantitative estimate of drug-likeness (QED) is 0.629. The Kier molecular flexibility index (Phi) is 6.61. The number of rotatable bonds is 4. The number of hydrogen-bond acceptors (Lipinski definition) is 2. The fourth-order valence-corrected chi connectivity index (χ4v) is 2.92. The molecular formula is C4H10ClGaO2. The van der Waals surface area contributed by atoms with Crippen molar-refractivity contribution in [3.63, 3.8) is 0 Å². The average molecular weight is 195 g/mol. The molecule has 0 radical (unpaired) electrons. The van der Waals surface area contributed by atoms with Crippen LogP contribution in [0.2, 0.25) is 0 Å². The molecule has 0 saturated carbocycles. The first kappa shape index (κ1) is 8.85. The van der Waals surface area contributed by atoms with Crippen LogP contribution in [-0.4, -0.2) is 29.2 Å². The van der Waals surface area contributed by atoms with E-state index in [-0.39, 0.29) is 0 Å². The van der Waals surface area contributed by atoms with E-state index in [1.165, 1.54) is 0 Å². The summed E-state index contributed by atoms with van der Waals surface area (Å²) in [5.74, 6) is 0. The van der Waals surface area contributed by atoms with Crippen molar-refractivity contribution in [1.29, 1.82) is 0 Å². The Morgan fingerprint density at radius 1 is 1.25 bits per heavy atom. The van der Waals surface area contributed by atoms with E-state index in [0.29, 0.717) is 13.2 Å². The molecule has 0 unspecified atom stereocenters. The van der Waals surface area contributed by atoms with Gasteiger partial charge in [0.1, 0.15) is 0 Å². The molecule has 4 heteroatoms. The Morgan fingerprint density at radius 2 is 1.62 bits per heavy atom. The van der Waals surface area contributed by atoms with Gasteiger partial charge in [0, 0.05) is 0 Å². The second kappa shape index (κ2) is 5.97. The monoisotopic (exact) mass is 194 g/mol. The Hall–Kier alpha value is 0.846. The minimum atomic E-state index is -2.14. The van der Waals surface area contributed by atoms with Crippen LogP contribution in [0.4, 0.5) is 0 Å².